The molecular formula is C7H17N3O. The number of likely N-dealkylation sites (N-methyl/N-ethyl adjacent to an activating group) is 1. The maximum absolute atomic E-state index is 8.25. The van der Waals surface area contributed by atoms with Crippen LogP contribution in [-0.4, -0.2) is 36.1 Å². The molecule has 0 amide bonds. The molecule has 11 heavy (non-hydrogen) atoms. The third-order valence-corrected chi connectivity index (χ3v) is 1.45. The lowest BCUT2D eigenvalue weighted by molar-refractivity contribution is 0.308. The first-order chi connectivity index (χ1) is 5.20. The van der Waals surface area contributed by atoms with Gasteiger partial charge in [-0.3, -0.25) is 4.90 Å². The smallest absolute Gasteiger partial charge is 0.153 e. The first-order valence-corrected chi connectivity index (χ1v) is 3.85. The van der Waals surface area contributed by atoms with Crippen LogP contribution < -0.4 is 5.73 Å². The first-order valence-electron chi connectivity index (χ1n) is 3.85. The summed E-state index contributed by atoms with van der Waals surface area (Å²) < 4.78 is 0. The predicted molar refractivity (Wildman–Crippen MR) is 45.8 cm³/mol. The summed E-state index contributed by atoms with van der Waals surface area (Å²) in [7, 11) is 1.95. The Morgan fingerprint density at radius 3 is 2.73 bits per heavy atom. The van der Waals surface area contributed by atoms with Crippen molar-refractivity contribution in [1.82, 2.24) is 4.90 Å². The maximum atomic E-state index is 8.25. The largest absolute Gasteiger partial charge is 0.409 e. The van der Waals surface area contributed by atoms with Gasteiger partial charge >= 0.3 is 0 Å². The van der Waals surface area contributed by atoms with Crippen LogP contribution in [-0.2, 0) is 0 Å². The molecule has 0 aromatic carbocycles. The van der Waals surface area contributed by atoms with E-state index in [1.807, 2.05) is 11.9 Å². The average molecular weight is 159 g/mol. The summed E-state index contributed by atoms with van der Waals surface area (Å²) >= 11 is 0. The van der Waals surface area contributed by atoms with Gasteiger partial charge in [0, 0.05) is 0 Å². The molecule has 0 rings (SSSR count). The number of hydrogen-bond acceptors (Lipinski definition) is 3. The number of nitrogens with two attached hydrogens (primary N) is 1. The Morgan fingerprint density at radius 2 is 2.27 bits per heavy atom. The summed E-state index contributed by atoms with van der Waals surface area (Å²) in [6.07, 6.45) is 2.32. The van der Waals surface area contributed by atoms with Crippen LogP contribution in [0.25, 0.3) is 0 Å². The zero-order chi connectivity index (χ0) is 8.69. The maximum Gasteiger partial charge on any atom is 0.153 e. The van der Waals surface area contributed by atoms with Gasteiger partial charge in [0.2, 0.25) is 0 Å². The number of oxime groups is 1. The average Bonchev–Trinajstić information content (AvgIpc) is 2.00. The second-order valence-electron chi connectivity index (χ2n) is 2.68. The van der Waals surface area contributed by atoms with E-state index in [1.165, 1.54) is 6.42 Å². The van der Waals surface area contributed by atoms with Gasteiger partial charge in [-0.2, -0.15) is 0 Å². The van der Waals surface area contributed by atoms with Crippen LogP contribution in [0.2, 0.25) is 0 Å². The molecule has 0 aliphatic carbocycles. The normalized spacial score (nSPS) is 12.5. The molecule has 4 nitrogen and oxygen atoms in total. The van der Waals surface area contributed by atoms with E-state index in [-0.39, 0.29) is 5.84 Å². The minimum atomic E-state index is 0.267. The van der Waals surface area contributed by atoms with E-state index in [0.29, 0.717) is 6.54 Å². The third-order valence-electron chi connectivity index (χ3n) is 1.45. The molecule has 0 atom stereocenters. The van der Waals surface area contributed by atoms with Gasteiger partial charge in [-0.25, -0.2) is 0 Å². The SMILES string of the molecule is CCCCN(C)CC(N)=NO. The highest BCUT2D eigenvalue weighted by atomic mass is 16.4. The lowest BCUT2D eigenvalue weighted by Crippen LogP contribution is -2.31. The summed E-state index contributed by atoms with van der Waals surface area (Å²) in [5, 5.41) is 11.1. The van der Waals surface area contributed by atoms with Crippen LogP contribution in [0.15, 0.2) is 5.16 Å². The minimum Gasteiger partial charge on any atom is -0.409 e. The van der Waals surface area contributed by atoms with E-state index in [9.17, 15) is 0 Å². The van der Waals surface area contributed by atoms with Crippen molar-refractivity contribution in [2.45, 2.75) is 19.8 Å². The van der Waals surface area contributed by atoms with Gasteiger partial charge in [0.25, 0.3) is 0 Å². The van der Waals surface area contributed by atoms with Crippen LogP contribution in [0.4, 0.5) is 0 Å². The van der Waals surface area contributed by atoms with Crippen molar-refractivity contribution in [3.63, 3.8) is 0 Å². The molecule has 0 saturated heterocycles. The van der Waals surface area contributed by atoms with Crippen LogP contribution in [0.1, 0.15) is 19.8 Å². The van der Waals surface area contributed by atoms with Crippen molar-refractivity contribution in [3.05, 3.63) is 0 Å². The van der Waals surface area contributed by atoms with E-state index in [0.717, 1.165) is 13.0 Å². The fourth-order valence-corrected chi connectivity index (χ4v) is 0.815. The van der Waals surface area contributed by atoms with Gasteiger partial charge < -0.3 is 10.9 Å². The zero-order valence-electron chi connectivity index (χ0n) is 7.25. The topological polar surface area (TPSA) is 61.8 Å². The van der Waals surface area contributed by atoms with E-state index >= 15 is 0 Å². The third kappa shape index (κ3) is 5.66. The van der Waals surface area contributed by atoms with Crippen LogP contribution in [0.3, 0.4) is 0 Å². The molecule has 0 aliphatic heterocycles. The van der Waals surface area contributed by atoms with E-state index in [1.54, 1.807) is 0 Å². The van der Waals surface area contributed by atoms with Crippen molar-refractivity contribution in [1.29, 1.82) is 0 Å². The second kappa shape index (κ2) is 5.97. The Bertz CT molecular complexity index is 125. The molecule has 0 unspecified atom stereocenters. The standard InChI is InChI=1S/C7H17N3O/c1-3-4-5-10(2)6-7(8)9-11/h11H,3-6H2,1-2H3,(H2,8,9). The zero-order valence-corrected chi connectivity index (χ0v) is 7.25. The number of hydrogen-bond donors (Lipinski definition) is 2. The van der Waals surface area contributed by atoms with Crippen molar-refractivity contribution >= 4 is 5.84 Å². The molecule has 0 aromatic heterocycles. The molecule has 0 radical (unpaired) electrons. The van der Waals surface area contributed by atoms with E-state index in [2.05, 4.69) is 12.1 Å². The Labute approximate surface area is 67.7 Å². The van der Waals surface area contributed by atoms with Crippen molar-refractivity contribution in [2.75, 3.05) is 20.1 Å². The summed E-state index contributed by atoms with van der Waals surface area (Å²) in [6.45, 7) is 3.67. The van der Waals surface area contributed by atoms with Crippen molar-refractivity contribution in [2.24, 2.45) is 10.9 Å². The minimum absolute atomic E-state index is 0.267. The predicted octanol–water partition coefficient (Wildman–Crippen LogP) is 0.465. The lowest BCUT2D eigenvalue weighted by Gasteiger charge is -2.14. The molecule has 66 valence electrons. The van der Waals surface area contributed by atoms with E-state index in [4.69, 9.17) is 10.9 Å². The van der Waals surface area contributed by atoms with Gasteiger partial charge in [0.1, 0.15) is 0 Å². The molecule has 0 fully saturated rings. The summed E-state index contributed by atoms with van der Waals surface area (Å²) in [5.41, 5.74) is 5.30. The molecule has 3 N–H and O–H groups in total. The highest BCUT2D eigenvalue weighted by Crippen LogP contribution is 1.90. The van der Waals surface area contributed by atoms with Crippen LogP contribution >= 0.6 is 0 Å². The number of rotatable bonds is 5. The molecule has 0 heterocycles. The van der Waals surface area contributed by atoms with Gasteiger partial charge in [0.05, 0.1) is 6.54 Å². The molecule has 0 saturated carbocycles. The van der Waals surface area contributed by atoms with Crippen LogP contribution in [0.5, 0.6) is 0 Å². The fourth-order valence-electron chi connectivity index (χ4n) is 0.815. The molecule has 4 heteroatoms. The quantitative estimate of drug-likeness (QED) is 0.265. The Balaban J connectivity index is 3.43. The molecular weight excluding hydrogens is 142 g/mol. The Hall–Kier alpha value is -0.770. The Morgan fingerprint density at radius 1 is 1.64 bits per heavy atom. The summed E-state index contributed by atoms with van der Waals surface area (Å²) in [6, 6.07) is 0. The number of amidine groups is 1. The monoisotopic (exact) mass is 159 g/mol. The van der Waals surface area contributed by atoms with Gasteiger partial charge in [0.15, 0.2) is 5.84 Å². The van der Waals surface area contributed by atoms with Gasteiger partial charge in [-0.1, -0.05) is 18.5 Å². The van der Waals surface area contributed by atoms with Crippen LogP contribution in [0, 0.1) is 0 Å². The number of nitrogens with zero attached hydrogens (tertiary/aromatic N) is 2. The molecule has 0 spiro atoms. The lowest BCUT2D eigenvalue weighted by atomic mass is 10.3. The highest BCUT2D eigenvalue weighted by Gasteiger charge is 1.99. The molecule has 0 aliphatic rings. The van der Waals surface area contributed by atoms with Crippen molar-refractivity contribution in [3.8, 4) is 0 Å². The fraction of sp³-hybridized carbons (Fsp3) is 0.857. The highest BCUT2D eigenvalue weighted by molar-refractivity contribution is 5.81. The Kier molecular flexibility index (Phi) is 5.56. The van der Waals surface area contributed by atoms with E-state index < -0.39 is 0 Å². The summed E-state index contributed by atoms with van der Waals surface area (Å²) in [5.74, 6) is 0.267. The van der Waals surface area contributed by atoms with Crippen molar-refractivity contribution < 1.29 is 5.21 Å². The first kappa shape index (κ1) is 10.2. The molecule has 0 bridgehead atoms. The van der Waals surface area contributed by atoms with Gasteiger partial charge in [-0.15, -0.1) is 0 Å². The number of unbranched alkanes of at least 4 members (excludes halogenated alkanes) is 1. The second-order valence-corrected chi connectivity index (χ2v) is 2.68. The summed E-state index contributed by atoms with van der Waals surface area (Å²) in [4.78, 5) is 2.03. The molecule has 0 aromatic rings. The van der Waals surface area contributed by atoms with Gasteiger partial charge in [-0.05, 0) is 20.0 Å².